The molecule has 0 aliphatic rings. The van der Waals surface area contributed by atoms with Crippen LogP contribution in [0.5, 0.6) is 0 Å². The van der Waals surface area contributed by atoms with Crippen molar-refractivity contribution in [2.24, 2.45) is 0 Å². The van der Waals surface area contributed by atoms with Gasteiger partial charge in [-0.25, -0.2) is 4.79 Å². The lowest BCUT2D eigenvalue weighted by atomic mass is 10.1. The highest BCUT2D eigenvalue weighted by Crippen LogP contribution is 2.37. The van der Waals surface area contributed by atoms with Gasteiger partial charge in [-0.2, -0.15) is 0 Å². The zero-order valence-corrected chi connectivity index (χ0v) is 11.2. The zero-order valence-electron chi connectivity index (χ0n) is 8.87. The van der Waals surface area contributed by atoms with Crippen molar-refractivity contribution in [1.29, 1.82) is 0 Å². The lowest BCUT2D eigenvalue weighted by Crippen LogP contribution is -1.93. The summed E-state index contributed by atoms with van der Waals surface area (Å²) in [7, 11) is 1.32. The zero-order chi connectivity index (χ0) is 12.4. The number of ether oxygens (including phenoxy) is 1. The number of benzene rings is 1. The Morgan fingerprint density at radius 1 is 1.41 bits per heavy atom. The Bertz CT molecular complexity index is 602. The number of methoxy groups -OCH3 is 1. The standard InChI is InChI=1S/C12H8Cl2O2S/c1-16-9(15)3-2-7-6-8-4-5-17-12(8)11(14)10(7)13/h2-6H,1H3. The highest BCUT2D eigenvalue weighted by molar-refractivity contribution is 7.18. The smallest absolute Gasteiger partial charge is 0.330 e. The van der Waals surface area contributed by atoms with E-state index in [1.54, 1.807) is 6.08 Å². The van der Waals surface area contributed by atoms with Gasteiger partial charge >= 0.3 is 5.97 Å². The molecule has 1 aromatic carbocycles. The summed E-state index contributed by atoms with van der Waals surface area (Å²) in [4.78, 5) is 11.0. The number of rotatable bonds is 2. The molecule has 0 amide bonds. The number of carbonyl (C=O) groups excluding carboxylic acids is 1. The van der Waals surface area contributed by atoms with E-state index < -0.39 is 5.97 Å². The van der Waals surface area contributed by atoms with E-state index in [1.165, 1.54) is 24.5 Å². The molecule has 0 fully saturated rings. The van der Waals surface area contributed by atoms with Crippen LogP contribution in [0, 0.1) is 0 Å². The second-order valence-corrected chi connectivity index (χ2v) is 4.96. The molecule has 1 aromatic heterocycles. The summed E-state index contributed by atoms with van der Waals surface area (Å²) < 4.78 is 5.47. The molecule has 0 bridgehead atoms. The van der Waals surface area contributed by atoms with Gasteiger partial charge in [-0.1, -0.05) is 23.2 Å². The van der Waals surface area contributed by atoms with Crippen LogP contribution in [0.2, 0.25) is 10.0 Å². The largest absolute Gasteiger partial charge is 0.466 e. The predicted octanol–water partition coefficient (Wildman–Crippen LogP) is 4.39. The molecule has 2 nitrogen and oxygen atoms in total. The summed E-state index contributed by atoms with van der Waals surface area (Å²) in [5, 5.41) is 3.92. The van der Waals surface area contributed by atoms with Crippen LogP contribution < -0.4 is 0 Å². The molecular formula is C12H8Cl2O2S. The van der Waals surface area contributed by atoms with Crippen molar-refractivity contribution < 1.29 is 9.53 Å². The normalized spacial score (nSPS) is 11.2. The first-order chi connectivity index (χ1) is 8.13. The van der Waals surface area contributed by atoms with Crippen LogP contribution in [-0.4, -0.2) is 13.1 Å². The van der Waals surface area contributed by atoms with Crippen molar-refractivity contribution in [3.63, 3.8) is 0 Å². The van der Waals surface area contributed by atoms with Gasteiger partial charge < -0.3 is 4.74 Å². The van der Waals surface area contributed by atoms with Gasteiger partial charge in [-0.3, -0.25) is 0 Å². The third-order valence-electron chi connectivity index (χ3n) is 2.25. The van der Waals surface area contributed by atoms with E-state index in [1.807, 2.05) is 17.5 Å². The number of thiophene rings is 1. The Kier molecular flexibility index (Phi) is 3.72. The molecule has 0 aliphatic heterocycles. The highest BCUT2D eigenvalue weighted by Gasteiger charge is 2.09. The maximum absolute atomic E-state index is 11.0. The fourth-order valence-corrected chi connectivity index (χ4v) is 2.85. The van der Waals surface area contributed by atoms with Crippen LogP contribution in [0.3, 0.4) is 0 Å². The summed E-state index contributed by atoms with van der Waals surface area (Å²) in [5.41, 5.74) is 0.702. The maximum atomic E-state index is 11.0. The Labute approximate surface area is 112 Å². The van der Waals surface area contributed by atoms with E-state index in [0.717, 1.165) is 10.1 Å². The summed E-state index contributed by atoms with van der Waals surface area (Å²) >= 11 is 13.8. The van der Waals surface area contributed by atoms with Gasteiger partial charge in [0, 0.05) is 6.08 Å². The minimum atomic E-state index is -0.428. The lowest BCUT2D eigenvalue weighted by molar-refractivity contribution is -0.134. The van der Waals surface area contributed by atoms with Crippen LogP contribution in [0.15, 0.2) is 23.6 Å². The first-order valence-corrected chi connectivity index (χ1v) is 6.38. The fraction of sp³-hybridized carbons (Fsp3) is 0.0833. The van der Waals surface area contributed by atoms with Crippen molar-refractivity contribution in [1.82, 2.24) is 0 Å². The number of halogens is 2. The van der Waals surface area contributed by atoms with Crippen molar-refractivity contribution in [3.8, 4) is 0 Å². The number of carbonyl (C=O) groups is 1. The molecule has 2 rings (SSSR count). The Morgan fingerprint density at radius 2 is 2.18 bits per heavy atom. The number of esters is 1. The molecule has 1 heterocycles. The van der Waals surface area contributed by atoms with Crippen LogP contribution in [0.1, 0.15) is 5.56 Å². The van der Waals surface area contributed by atoms with Crippen LogP contribution >= 0.6 is 34.5 Å². The van der Waals surface area contributed by atoms with Crippen molar-refractivity contribution >= 4 is 56.7 Å². The van der Waals surface area contributed by atoms with Gasteiger partial charge in [0.15, 0.2) is 0 Å². The van der Waals surface area contributed by atoms with Crippen molar-refractivity contribution in [3.05, 3.63) is 39.2 Å². The number of fused-ring (bicyclic) bond motifs is 1. The van der Waals surface area contributed by atoms with Crippen LogP contribution in [-0.2, 0) is 9.53 Å². The van der Waals surface area contributed by atoms with Crippen LogP contribution in [0.25, 0.3) is 16.2 Å². The van der Waals surface area contributed by atoms with Gasteiger partial charge in [-0.05, 0) is 34.5 Å². The molecular weight excluding hydrogens is 279 g/mol. The predicted molar refractivity (Wildman–Crippen MR) is 72.9 cm³/mol. The Balaban J connectivity index is 2.50. The van der Waals surface area contributed by atoms with E-state index in [0.29, 0.717) is 15.6 Å². The molecule has 0 radical (unpaired) electrons. The second-order valence-electron chi connectivity index (χ2n) is 3.29. The summed E-state index contributed by atoms with van der Waals surface area (Å²) in [6.45, 7) is 0. The number of hydrogen-bond acceptors (Lipinski definition) is 3. The van der Waals surface area contributed by atoms with E-state index in [9.17, 15) is 4.79 Å². The highest BCUT2D eigenvalue weighted by atomic mass is 35.5. The van der Waals surface area contributed by atoms with E-state index >= 15 is 0 Å². The second kappa shape index (κ2) is 5.08. The molecule has 5 heteroatoms. The van der Waals surface area contributed by atoms with Gasteiger partial charge in [0.1, 0.15) is 0 Å². The minimum Gasteiger partial charge on any atom is -0.466 e. The molecule has 0 unspecified atom stereocenters. The molecule has 17 heavy (non-hydrogen) atoms. The topological polar surface area (TPSA) is 26.3 Å². The summed E-state index contributed by atoms with van der Waals surface area (Å²) in [6, 6.07) is 3.84. The van der Waals surface area contributed by atoms with Gasteiger partial charge in [0.05, 0.1) is 21.9 Å². The van der Waals surface area contributed by atoms with Crippen molar-refractivity contribution in [2.45, 2.75) is 0 Å². The Morgan fingerprint density at radius 3 is 2.88 bits per heavy atom. The Hall–Kier alpha value is -1.03. The molecule has 0 aliphatic carbocycles. The number of hydrogen-bond donors (Lipinski definition) is 0. The molecule has 0 saturated carbocycles. The molecule has 0 atom stereocenters. The molecule has 0 saturated heterocycles. The summed E-state index contributed by atoms with van der Waals surface area (Å²) in [6.07, 6.45) is 2.91. The SMILES string of the molecule is COC(=O)C=Cc1cc2ccsc2c(Cl)c1Cl. The molecule has 0 spiro atoms. The first-order valence-electron chi connectivity index (χ1n) is 4.74. The van der Waals surface area contributed by atoms with Gasteiger partial charge in [0.2, 0.25) is 0 Å². The molecule has 0 N–H and O–H groups in total. The first kappa shape index (κ1) is 12.4. The van der Waals surface area contributed by atoms with E-state index in [4.69, 9.17) is 23.2 Å². The fourth-order valence-electron chi connectivity index (χ4n) is 1.42. The van der Waals surface area contributed by atoms with E-state index in [-0.39, 0.29) is 0 Å². The summed E-state index contributed by atoms with van der Waals surface area (Å²) in [5.74, 6) is -0.428. The molecule has 2 aromatic rings. The lowest BCUT2D eigenvalue weighted by Gasteiger charge is -2.02. The third kappa shape index (κ3) is 2.46. The molecule has 88 valence electrons. The van der Waals surface area contributed by atoms with E-state index in [2.05, 4.69) is 4.74 Å². The average Bonchev–Trinajstić information content (AvgIpc) is 2.79. The minimum absolute atomic E-state index is 0.428. The average molecular weight is 287 g/mol. The maximum Gasteiger partial charge on any atom is 0.330 e. The van der Waals surface area contributed by atoms with Crippen LogP contribution in [0.4, 0.5) is 0 Å². The van der Waals surface area contributed by atoms with Gasteiger partial charge in [-0.15, -0.1) is 11.3 Å². The third-order valence-corrected chi connectivity index (χ3v) is 4.19. The monoisotopic (exact) mass is 286 g/mol. The quantitative estimate of drug-likeness (QED) is 0.604. The van der Waals surface area contributed by atoms with Crippen molar-refractivity contribution in [2.75, 3.05) is 7.11 Å². The van der Waals surface area contributed by atoms with Gasteiger partial charge in [0.25, 0.3) is 0 Å².